The van der Waals surface area contributed by atoms with Crippen molar-refractivity contribution in [1.29, 1.82) is 0 Å². The Morgan fingerprint density at radius 1 is 0.538 bits per heavy atom. The maximum Gasteiger partial charge on any atom is 0.460 e. The number of halogens is 9. The van der Waals surface area contributed by atoms with Crippen LogP contribution < -0.4 is 0 Å². The van der Waals surface area contributed by atoms with E-state index in [9.17, 15) is 52.5 Å². The van der Waals surface area contributed by atoms with Gasteiger partial charge in [0, 0.05) is 10.6 Å². The Bertz CT molecular complexity index is 2160. The third-order valence-electron chi connectivity index (χ3n) is 7.71. The highest BCUT2D eigenvalue weighted by molar-refractivity contribution is 7.98. The first-order valence-corrected chi connectivity index (χ1v) is 18.6. The first-order chi connectivity index (χ1) is 24.4. The standard InChI is InChI=1S/C33H25S2.C4HF9O3S/c1-3-13-28(14-4-1)35(29-15-5-2-6-16-29)30-21-19-27(20-22-30)34-24-33-31-17-9-7-11-25(31)23-26-12-8-10-18-32(26)33;5-1(6,3(9,10)11)2(7,8)4(12,13)17(14,15)16/h1-23H,24H2;(H,14,15,16)/q+1;/p-1. The van der Waals surface area contributed by atoms with E-state index in [-0.39, 0.29) is 10.9 Å². The van der Waals surface area contributed by atoms with Gasteiger partial charge in [0.2, 0.25) is 0 Å². The molecular weight excluding hydrogens is 760 g/mol. The molecule has 0 aliphatic rings. The summed E-state index contributed by atoms with van der Waals surface area (Å²) >= 11 is 1.92. The fraction of sp³-hybridized carbons (Fsp3) is 0.135. The molecule has 52 heavy (non-hydrogen) atoms. The van der Waals surface area contributed by atoms with E-state index >= 15 is 0 Å². The first kappa shape index (κ1) is 39.0. The van der Waals surface area contributed by atoms with Crippen molar-refractivity contribution in [2.45, 2.75) is 48.6 Å². The predicted octanol–water partition coefficient (Wildman–Crippen LogP) is 11.3. The molecule has 6 aromatic carbocycles. The Balaban J connectivity index is 0.000000262. The zero-order valence-corrected chi connectivity index (χ0v) is 28.8. The van der Waals surface area contributed by atoms with Crippen LogP contribution in [-0.2, 0) is 26.8 Å². The van der Waals surface area contributed by atoms with Crippen LogP contribution in [0.5, 0.6) is 0 Å². The van der Waals surface area contributed by atoms with E-state index in [1.54, 1.807) is 0 Å². The molecule has 0 atom stereocenters. The van der Waals surface area contributed by atoms with Crippen molar-refractivity contribution in [3.05, 3.63) is 145 Å². The fourth-order valence-electron chi connectivity index (χ4n) is 5.13. The summed E-state index contributed by atoms with van der Waals surface area (Å²) in [4.78, 5) is 5.35. The van der Waals surface area contributed by atoms with E-state index in [1.165, 1.54) is 46.7 Å². The van der Waals surface area contributed by atoms with E-state index in [2.05, 4.69) is 140 Å². The van der Waals surface area contributed by atoms with Crippen molar-refractivity contribution in [1.82, 2.24) is 0 Å². The predicted molar refractivity (Wildman–Crippen MR) is 183 cm³/mol. The molecule has 272 valence electrons. The summed E-state index contributed by atoms with van der Waals surface area (Å²) in [5.74, 6) is -13.9. The second-order valence-corrected chi connectivity index (χ2v) is 15.6. The molecule has 0 spiro atoms. The molecule has 0 unspecified atom stereocenters. The highest BCUT2D eigenvalue weighted by atomic mass is 32.2. The average molecular weight is 785 g/mol. The average Bonchev–Trinajstić information content (AvgIpc) is 3.11. The molecule has 15 heteroatoms. The Morgan fingerprint density at radius 3 is 1.37 bits per heavy atom. The smallest absolute Gasteiger partial charge is 0.460 e. The van der Waals surface area contributed by atoms with Crippen molar-refractivity contribution in [2.75, 3.05) is 0 Å². The van der Waals surface area contributed by atoms with Gasteiger partial charge in [-0.25, -0.2) is 8.42 Å². The highest BCUT2D eigenvalue weighted by Crippen LogP contribution is 2.54. The zero-order chi connectivity index (χ0) is 38.0. The van der Waals surface area contributed by atoms with Crippen LogP contribution in [0.1, 0.15) is 5.56 Å². The van der Waals surface area contributed by atoms with E-state index in [4.69, 9.17) is 0 Å². The first-order valence-electron chi connectivity index (χ1n) is 15.0. The van der Waals surface area contributed by atoms with E-state index in [0.29, 0.717) is 0 Å². The molecule has 0 saturated heterocycles. The van der Waals surface area contributed by atoms with Crippen LogP contribution in [0.2, 0.25) is 0 Å². The summed E-state index contributed by atoms with van der Waals surface area (Å²) in [5.41, 5.74) is 1.42. The molecule has 0 fully saturated rings. The molecule has 0 N–H and O–H groups in total. The molecule has 0 saturated carbocycles. The lowest BCUT2D eigenvalue weighted by atomic mass is 9.98. The van der Waals surface area contributed by atoms with Gasteiger partial charge in [0.05, 0.1) is 10.9 Å². The second-order valence-electron chi connectivity index (χ2n) is 11.1. The quantitative estimate of drug-likeness (QED) is 0.0482. The number of hydrogen-bond donors (Lipinski definition) is 0. The van der Waals surface area contributed by atoms with Gasteiger partial charge in [0.1, 0.15) is 0 Å². The van der Waals surface area contributed by atoms with Gasteiger partial charge in [-0.15, -0.1) is 11.8 Å². The molecule has 6 aromatic rings. The van der Waals surface area contributed by atoms with Gasteiger partial charge < -0.3 is 4.55 Å². The van der Waals surface area contributed by atoms with Gasteiger partial charge in [-0.1, -0.05) is 84.9 Å². The Morgan fingerprint density at radius 2 is 0.942 bits per heavy atom. The Kier molecular flexibility index (Phi) is 11.3. The second kappa shape index (κ2) is 15.0. The number of alkyl halides is 9. The topological polar surface area (TPSA) is 57.2 Å². The SMILES string of the molecule is O=S(=O)([O-])C(F)(F)C(F)(F)C(F)(F)C(F)(F)F.c1ccc([S+](c2ccccc2)c2ccc(SCc3c4ccccc4cc4ccccc34)cc2)cc1. The molecule has 0 radical (unpaired) electrons. The maximum atomic E-state index is 12.2. The van der Waals surface area contributed by atoms with Gasteiger partial charge in [-0.05, 0) is 81.7 Å². The number of benzene rings is 6. The molecule has 0 heterocycles. The maximum absolute atomic E-state index is 12.2. The van der Waals surface area contributed by atoms with Gasteiger partial charge in [-0.2, -0.15) is 39.5 Å². The van der Waals surface area contributed by atoms with Crippen molar-refractivity contribution >= 4 is 54.3 Å². The van der Waals surface area contributed by atoms with E-state index < -0.39 is 33.4 Å². The van der Waals surface area contributed by atoms with Crippen LogP contribution >= 0.6 is 11.8 Å². The minimum Gasteiger partial charge on any atom is -0.743 e. The minimum atomic E-state index is -7.43. The molecule has 0 aliphatic carbocycles. The van der Waals surface area contributed by atoms with Crippen molar-refractivity contribution < 1.29 is 52.5 Å². The number of thioether (sulfide) groups is 1. The zero-order valence-electron chi connectivity index (χ0n) is 26.3. The molecule has 3 nitrogen and oxygen atoms in total. The lowest BCUT2D eigenvalue weighted by Gasteiger charge is -2.34. The van der Waals surface area contributed by atoms with Crippen LogP contribution in [0.4, 0.5) is 39.5 Å². The van der Waals surface area contributed by atoms with Crippen LogP contribution in [0.3, 0.4) is 0 Å². The summed E-state index contributed by atoms with van der Waals surface area (Å²) in [6.45, 7) is 0. The molecular formula is C37H25F9O3S3. The van der Waals surface area contributed by atoms with Crippen LogP contribution in [0.15, 0.2) is 159 Å². The van der Waals surface area contributed by atoms with Crippen molar-refractivity contribution in [3.63, 3.8) is 0 Å². The molecule has 0 aliphatic heterocycles. The monoisotopic (exact) mass is 784 g/mol. The largest absolute Gasteiger partial charge is 0.743 e. The van der Waals surface area contributed by atoms with Crippen LogP contribution in [0.25, 0.3) is 21.5 Å². The molecule has 0 bridgehead atoms. The lowest BCUT2D eigenvalue weighted by molar-refractivity contribution is -0.382. The van der Waals surface area contributed by atoms with E-state index in [1.807, 2.05) is 11.8 Å². The third-order valence-corrected chi connectivity index (χ3v) is 11.9. The Hall–Kier alpha value is -4.18. The van der Waals surface area contributed by atoms with Crippen LogP contribution in [-0.4, -0.2) is 36.2 Å². The number of hydrogen-bond acceptors (Lipinski definition) is 4. The summed E-state index contributed by atoms with van der Waals surface area (Å²) in [6, 6.07) is 50.7. The fourth-order valence-corrected chi connectivity index (χ4v) is 8.61. The lowest BCUT2D eigenvalue weighted by Crippen LogP contribution is -2.63. The van der Waals surface area contributed by atoms with Crippen molar-refractivity contribution in [2.24, 2.45) is 0 Å². The Labute approximate surface area is 299 Å². The summed E-state index contributed by atoms with van der Waals surface area (Å²) in [5, 5.41) is -1.78. The normalized spacial score (nSPS) is 12.9. The van der Waals surface area contributed by atoms with Gasteiger partial charge >= 0.3 is 23.3 Å². The molecule has 0 amide bonds. The van der Waals surface area contributed by atoms with Crippen LogP contribution in [0, 0.1) is 0 Å². The van der Waals surface area contributed by atoms with Gasteiger partial charge in [0.15, 0.2) is 24.8 Å². The minimum absolute atomic E-state index is 0.109. The number of rotatable bonds is 9. The molecule has 0 aromatic heterocycles. The number of fused-ring (bicyclic) bond motifs is 2. The highest BCUT2D eigenvalue weighted by Gasteiger charge is 2.83. The van der Waals surface area contributed by atoms with Gasteiger partial charge in [0.25, 0.3) is 0 Å². The summed E-state index contributed by atoms with van der Waals surface area (Å²) in [6.07, 6.45) is -7.16. The van der Waals surface area contributed by atoms with Crippen molar-refractivity contribution in [3.8, 4) is 0 Å². The third kappa shape index (κ3) is 7.77. The van der Waals surface area contributed by atoms with Gasteiger partial charge in [-0.3, -0.25) is 0 Å². The van der Waals surface area contributed by atoms with E-state index in [0.717, 1.165) is 5.75 Å². The summed E-state index contributed by atoms with van der Waals surface area (Å²) < 4.78 is 135. The summed E-state index contributed by atoms with van der Waals surface area (Å²) in [7, 11) is -7.53. The molecule has 6 rings (SSSR count).